The molecule has 0 unspecified atom stereocenters. The highest BCUT2D eigenvalue weighted by Gasteiger charge is 2.63. The van der Waals surface area contributed by atoms with Gasteiger partial charge in [-0.15, -0.1) is 11.8 Å². The van der Waals surface area contributed by atoms with Crippen molar-refractivity contribution in [1.82, 2.24) is 9.78 Å². The Balaban J connectivity index is 1.33. The fourth-order valence-electron chi connectivity index (χ4n) is 8.31. The molecule has 4 aliphatic rings. The van der Waals surface area contributed by atoms with Crippen LogP contribution in [0.3, 0.4) is 0 Å². The van der Waals surface area contributed by atoms with Crippen molar-refractivity contribution in [2.45, 2.75) is 94.3 Å². The molecule has 5 rings (SSSR count). The van der Waals surface area contributed by atoms with Gasteiger partial charge in [0.05, 0.1) is 18.3 Å². The highest BCUT2D eigenvalue weighted by atomic mass is 32.2. The summed E-state index contributed by atoms with van der Waals surface area (Å²) in [6.07, 6.45) is 13.3. The summed E-state index contributed by atoms with van der Waals surface area (Å²) in [5, 5.41) is 14.9. The molecule has 0 aliphatic heterocycles. The van der Waals surface area contributed by atoms with E-state index in [-0.39, 0.29) is 23.2 Å². The number of fused-ring (bicyclic) bond motifs is 5. The van der Waals surface area contributed by atoms with Crippen LogP contribution in [0, 0.1) is 35.0 Å². The van der Waals surface area contributed by atoms with Crippen LogP contribution in [0.4, 0.5) is 4.39 Å². The number of halogens is 1. The van der Waals surface area contributed by atoms with Gasteiger partial charge in [0.25, 0.3) is 0 Å². The smallest absolute Gasteiger partial charge is 0.157 e. The van der Waals surface area contributed by atoms with Crippen molar-refractivity contribution >= 4 is 17.5 Å². The monoisotopic (exact) mass is 448 g/mol. The molecule has 0 spiro atoms. The fraction of sp³-hybridized carbons (Fsp3) is 0.840. The predicted octanol–water partition coefficient (Wildman–Crippen LogP) is 5.29. The predicted molar refractivity (Wildman–Crippen MR) is 121 cm³/mol. The molecule has 0 radical (unpaired) electrons. The van der Waals surface area contributed by atoms with E-state index in [2.05, 4.69) is 12.0 Å². The Morgan fingerprint density at radius 1 is 1.19 bits per heavy atom. The summed E-state index contributed by atoms with van der Waals surface area (Å²) in [4.78, 5) is 14.4. The molecule has 172 valence electrons. The van der Waals surface area contributed by atoms with E-state index < -0.39 is 11.3 Å². The number of rotatable bonds is 4. The zero-order valence-electron chi connectivity index (χ0n) is 19.1. The molecule has 0 aromatic carbocycles. The molecule has 6 heteroatoms. The number of aromatic nitrogens is 2. The summed E-state index contributed by atoms with van der Waals surface area (Å²) in [6.45, 7) is 4.56. The minimum absolute atomic E-state index is 0.00288. The molecule has 4 saturated carbocycles. The Bertz CT molecular complexity index is 856. The topological polar surface area (TPSA) is 55.1 Å². The lowest BCUT2D eigenvalue weighted by Gasteiger charge is -2.59. The Labute approximate surface area is 189 Å². The van der Waals surface area contributed by atoms with Gasteiger partial charge in [-0.2, -0.15) is 5.10 Å². The summed E-state index contributed by atoms with van der Waals surface area (Å²) >= 11 is 1.64. The van der Waals surface area contributed by atoms with Gasteiger partial charge in [0, 0.05) is 17.0 Å². The van der Waals surface area contributed by atoms with Gasteiger partial charge in [-0.05, 0) is 100 Å². The van der Waals surface area contributed by atoms with Crippen LogP contribution in [-0.4, -0.2) is 38.2 Å². The molecule has 31 heavy (non-hydrogen) atoms. The van der Waals surface area contributed by atoms with E-state index in [4.69, 9.17) is 0 Å². The number of alkyl halides is 1. The first-order valence-electron chi connectivity index (χ1n) is 12.2. The number of hydrogen-bond acceptors (Lipinski definition) is 4. The maximum absolute atomic E-state index is 16.5. The molecule has 8 atom stereocenters. The van der Waals surface area contributed by atoms with E-state index in [1.54, 1.807) is 16.4 Å². The van der Waals surface area contributed by atoms with Crippen LogP contribution in [0.5, 0.6) is 0 Å². The van der Waals surface area contributed by atoms with E-state index >= 15 is 4.39 Å². The van der Waals surface area contributed by atoms with E-state index in [0.717, 1.165) is 43.4 Å². The summed E-state index contributed by atoms with van der Waals surface area (Å²) < 4.78 is 18.3. The van der Waals surface area contributed by atoms with Gasteiger partial charge < -0.3 is 5.11 Å². The SMILES string of the molecule is CSc1cnn(CC(=O)[C@H]2CC[C@H]3[C@@H]4CC[C@@H]5C[C@](C)(O)CC[C@]5(F)[C@H]4CC[C@]23C)c1. The van der Waals surface area contributed by atoms with E-state index in [0.29, 0.717) is 43.4 Å². The molecule has 4 aliphatic carbocycles. The summed E-state index contributed by atoms with van der Waals surface area (Å²) in [5.41, 5.74) is -1.82. The average molecular weight is 449 g/mol. The number of hydrogen-bond donors (Lipinski definition) is 1. The van der Waals surface area contributed by atoms with Gasteiger partial charge in [0.15, 0.2) is 5.78 Å². The van der Waals surface area contributed by atoms with Crippen molar-refractivity contribution in [3.05, 3.63) is 12.4 Å². The average Bonchev–Trinajstić information content (AvgIpc) is 3.31. The standard InChI is InChI=1S/C25H37FN2O2S/c1-23(30)10-11-25(26)16(12-23)4-5-18-19-6-7-21(24(19,2)9-8-20(18)25)22(29)15-28-14-17(31-3)13-27-28/h13-14,16,18-21,30H,4-12,15H2,1-3H3/t16-,18+,19+,20+,21-,23-,24+,25-/m1/s1. The highest BCUT2D eigenvalue weighted by molar-refractivity contribution is 7.98. The molecule has 0 saturated heterocycles. The van der Waals surface area contributed by atoms with Crippen LogP contribution in [-0.2, 0) is 11.3 Å². The summed E-state index contributed by atoms with van der Waals surface area (Å²) in [7, 11) is 0. The zero-order chi connectivity index (χ0) is 22.0. The quantitative estimate of drug-likeness (QED) is 0.636. The second-order valence-electron chi connectivity index (χ2n) is 11.5. The number of Topliss-reactive ketones (excluding diaryl/α,β-unsaturated/α-hetero) is 1. The van der Waals surface area contributed by atoms with Crippen LogP contribution < -0.4 is 0 Å². The van der Waals surface area contributed by atoms with Crippen molar-refractivity contribution in [1.29, 1.82) is 0 Å². The largest absolute Gasteiger partial charge is 0.390 e. The van der Waals surface area contributed by atoms with Crippen LogP contribution in [0.25, 0.3) is 0 Å². The number of carbonyl (C=O) groups is 1. The third-order valence-electron chi connectivity index (χ3n) is 9.87. The molecular weight excluding hydrogens is 411 g/mol. The number of nitrogens with zero attached hydrogens (tertiary/aromatic N) is 2. The van der Waals surface area contributed by atoms with Crippen molar-refractivity contribution < 1.29 is 14.3 Å². The fourth-order valence-corrected chi connectivity index (χ4v) is 8.69. The van der Waals surface area contributed by atoms with Crippen molar-refractivity contribution in [3.63, 3.8) is 0 Å². The number of thioether (sulfide) groups is 1. The van der Waals surface area contributed by atoms with E-state index in [1.807, 2.05) is 25.6 Å². The summed E-state index contributed by atoms with van der Waals surface area (Å²) in [6, 6.07) is 0. The first-order valence-corrected chi connectivity index (χ1v) is 13.4. The minimum atomic E-state index is -1.11. The van der Waals surface area contributed by atoms with E-state index in [1.165, 1.54) is 0 Å². The van der Waals surface area contributed by atoms with Crippen molar-refractivity contribution in [3.8, 4) is 0 Å². The third kappa shape index (κ3) is 3.51. The molecule has 0 bridgehead atoms. The van der Waals surface area contributed by atoms with Crippen LogP contribution in [0.2, 0.25) is 0 Å². The van der Waals surface area contributed by atoms with Gasteiger partial charge in [0.1, 0.15) is 5.67 Å². The van der Waals surface area contributed by atoms with Crippen molar-refractivity contribution in [2.24, 2.45) is 35.0 Å². The molecule has 4 fully saturated rings. The molecule has 1 aromatic rings. The maximum atomic E-state index is 16.5. The lowest BCUT2D eigenvalue weighted by atomic mass is 9.48. The van der Waals surface area contributed by atoms with Crippen LogP contribution in [0.15, 0.2) is 17.3 Å². The second-order valence-corrected chi connectivity index (χ2v) is 12.4. The first kappa shape index (κ1) is 21.9. The van der Waals surface area contributed by atoms with Gasteiger partial charge in [-0.3, -0.25) is 9.48 Å². The van der Waals surface area contributed by atoms with Gasteiger partial charge >= 0.3 is 0 Å². The molecule has 0 amide bonds. The van der Waals surface area contributed by atoms with Crippen LogP contribution in [0.1, 0.15) is 71.6 Å². The molecule has 4 nitrogen and oxygen atoms in total. The highest BCUT2D eigenvalue weighted by Crippen LogP contribution is 2.66. The second kappa shape index (κ2) is 7.58. The molecule has 1 heterocycles. The van der Waals surface area contributed by atoms with Crippen molar-refractivity contribution in [2.75, 3.05) is 6.26 Å². The normalized spacial score (nSPS) is 46.8. The number of ketones is 1. The van der Waals surface area contributed by atoms with Gasteiger partial charge in [-0.25, -0.2) is 4.39 Å². The molecule has 1 N–H and O–H groups in total. The molecular formula is C25H37FN2O2S. The lowest BCUT2D eigenvalue weighted by molar-refractivity contribution is -0.166. The first-order chi connectivity index (χ1) is 14.7. The Morgan fingerprint density at radius 2 is 2.00 bits per heavy atom. The number of carbonyl (C=O) groups excluding carboxylic acids is 1. The summed E-state index contributed by atoms with van der Waals surface area (Å²) in [5.74, 6) is 1.34. The van der Waals surface area contributed by atoms with Gasteiger partial charge in [-0.1, -0.05) is 6.92 Å². The Morgan fingerprint density at radius 3 is 2.74 bits per heavy atom. The maximum Gasteiger partial charge on any atom is 0.157 e. The molecule has 1 aromatic heterocycles. The van der Waals surface area contributed by atoms with Gasteiger partial charge in [0.2, 0.25) is 0 Å². The minimum Gasteiger partial charge on any atom is -0.390 e. The Hall–Kier alpha value is -0.880. The zero-order valence-corrected chi connectivity index (χ0v) is 20.0. The third-order valence-corrected chi connectivity index (χ3v) is 10.5. The lowest BCUT2D eigenvalue weighted by Crippen LogP contribution is -2.58. The number of aliphatic hydroxyl groups is 1. The Kier molecular flexibility index (Phi) is 5.36. The van der Waals surface area contributed by atoms with Crippen LogP contribution >= 0.6 is 11.8 Å². The van der Waals surface area contributed by atoms with E-state index in [9.17, 15) is 9.90 Å².